The summed E-state index contributed by atoms with van der Waals surface area (Å²) in [4.78, 5) is 106. The maximum atomic E-state index is 13.7. The van der Waals surface area contributed by atoms with Gasteiger partial charge in [0.2, 0.25) is 0 Å². The Morgan fingerprint density at radius 3 is 1.41 bits per heavy atom. The summed E-state index contributed by atoms with van der Waals surface area (Å²) in [5, 5.41) is 9.41. The number of aromatic amines is 1. The zero-order valence-electron chi connectivity index (χ0n) is 49.5. The van der Waals surface area contributed by atoms with Gasteiger partial charge in [-0.3, -0.25) is 37.9 Å². The minimum atomic E-state index is -2.90. The molecule has 2 aliphatic heterocycles. The summed E-state index contributed by atoms with van der Waals surface area (Å²) in [6.45, 7) is 15.8. The number of amides is 4. The summed E-state index contributed by atoms with van der Waals surface area (Å²) in [7, 11) is -2.29. The number of benzene rings is 2. The number of methoxy groups -OCH3 is 2. The Morgan fingerprint density at radius 1 is 0.581 bits per heavy atom. The number of carbonyl (C=O) groups is 6. The topological polar surface area (TPSA) is 294 Å². The van der Waals surface area contributed by atoms with Gasteiger partial charge in [0.25, 0.3) is 35.2 Å². The molecule has 6 aromatic heterocycles. The Hall–Kier alpha value is -8.41. The first-order valence-electron chi connectivity index (χ1n) is 27.2. The van der Waals surface area contributed by atoms with Gasteiger partial charge in [0, 0.05) is 103 Å². The lowest BCUT2D eigenvalue weighted by molar-refractivity contribution is -0.128. The molecule has 1 N–H and O–H groups in total. The van der Waals surface area contributed by atoms with Crippen molar-refractivity contribution >= 4 is 83.3 Å². The summed E-state index contributed by atoms with van der Waals surface area (Å²) in [6.07, 6.45) is 10.1. The van der Waals surface area contributed by atoms with Crippen molar-refractivity contribution in [3.8, 4) is 23.1 Å². The Kier molecular flexibility index (Phi) is 22.1. The molecule has 0 bridgehead atoms. The van der Waals surface area contributed by atoms with Crippen LogP contribution in [0, 0.1) is 13.8 Å². The molecule has 2 fully saturated rings. The van der Waals surface area contributed by atoms with Crippen molar-refractivity contribution in [1.29, 1.82) is 0 Å². The number of alkyl halides is 1. The van der Waals surface area contributed by atoms with Crippen LogP contribution >= 0.6 is 26.3 Å². The number of piperazine rings is 2. The van der Waals surface area contributed by atoms with Gasteiger partial charge < -0.3 is 47.7 Å². The standard InChI is InChI=1S/C27H30N7O6P.C24H23N7O4.C3H8ClO2P.C3H8/c1-18-29-16-34(30-18)25-23-22(21(39-2)14-28-25)20(15-33(23)17-40-41(3,4)38)24(35)27(37)32-12-10-31(11-13-32)26(36)19-8-6-5-7-9-19;1-15-27-14-31(28-15)22-20-19(18(35-2)13-26-22)17(12-25-20)21(32)24(34)30-10-8-29(9-11-30)23(33)16-6-4-3-5-7-16;1-7(2,5)6-3-4;1-3-2/h5-9,14-16H,10-13,17H2,1-4H3;3-7,12-14,25H,8-11H2,1-2H3;3H2,1-2H3;3H2,1-2H3. The second-order valence-electron chi connectivity index (χ2n) is 20.2. The molecule has 26 nitrogen and oxygen atoms in total. The number of hydrogen-bond donors (Lipinski definition) is 1. The summed E-state index contributed by atoms with van der Waals surface area (Å²) < 4.78 is 48.5. The van der Waals surface area contributed by atoms with Crippen LogP contribution in [0.1, 0.15) is 73.3 Å². The van der Waals surface area contributed by atoms with Gasteiger partial charge in [-0.05, 0) is 38.1 Å². The number of nitrogens with zero attached hydrogens (tertiary/aromatic N) is 13. The van der Waals surface area contributed by atoms with E-state index in [0.717, 1.165) is 0 Å². The zero-order chi connectivity index (χ0) is 62.5. The molecule has 86 heavy (non-hydrogen) atoms. The van der Waals surface area contributed by atoms with Gasteiger partial charge in [-0.25, -0.2) is 29.3 Å². The fourth-order valence-electron chi connectivity index (χ4n) is 8.98. The number of halogens is 1. The number of carbonyl (C=O) groups excluding carboxylic acids is 6. The van der Waals surface area contributed by atoms with Gasteiger partial charge in [-0.1, -0.05) is 68.3 Å². The van der Waals surface area contributed by atoms with Crippen molar-refractivity contribution in [2.24, 2.45) is 0 Å². The normalized spacial score (nSPS) is 13.4. The van der Waals surface area contributed by atoms with Crippen LogP contribution in [0.25, 0.3) is 33.4 Å². The van der Waals surface area contributed by atoms with Crippen molar-refractivity contribution in [1.82, 2.24) is 68.6 Å². The van der Waals surface area contributed by atoms with Crippen LogP contribution < -0.4 is 9.47 Å². The predicted octanol–water partition coefficient (Wildman–Crippen LogP) is 7.39. The zero-order valence-corrected chi connectivity index (χ0v) is 52.0. The maximum Gasteiger partial charge on any atom is 0.295 e. The predicted molar refractivity (Wildman–Crippen MR) is 323 cm³/mol. The molecule has 4 amide bonds. The largest absolute Gasteiger partial charge is 0.494 e. The Morgan fingerprint density at radius 2 is 1.00 bits per heavy atom. The number of Topliss-reactive ketones (excluding diaryl/α,β-unsaturated/α-hetero) is 2. The average Bonchev–Trinajstić information content (AvgIpc) is 1.73. The van der Waals surface area contributed by atoms with Crippen LogP contribution in [-0.2, 0) is 34.5 Å². The highest BCUT2D eigenvalue weighted by atomic mass is 35.5. The number of rotatable bonds is 15. The van der Waals surface area contributed by atoms with Crippen LogP contribution in [0.5, 0.6) is 11.5 Å². The lowest BCUT2D eigenvalue weighted by Gasteiger charge is -2.34. The maximum absolute atomic E-state index is 13.7. The van der Waals surface area contributed by atoms with Gasteiger partial charge >= 0.3 is 0 Å². The van der Waals surface area contributed by atoms with E-state index < -0.39 is 38.1 Å². The molecule has 29 heteroatoms. The second kappa shape index (κ2) is 29.1. The summed E-state index contributed by atoms with van der Waals surface area (Å²) in [5.41, 5.74) is 2.34. The SMILES string of the molecule is CCC.COc1cnc(-n2cnc(C)n2)c2[nH]cc(C(=O)C(=O)N3CCN(C(=O)c4ccccc4)CC3)c12.COc1cnc(-n2cnc(C)n2)c2c1c(C(=O)C(=O)N1CCN(C(=O)c3ccccc3)CC1)cn2COP(C)(C)=O.CP(C)(=O)OCCl. The van der Waals surface area contributed by atoms with Crippen LogP contribution in [0.4, 0.5) is 0 Å². The van der Waals surface area contributed by atoms with Crippen molar-refractivity contribution in [3.05, 3.63) is 132 Å². The number of aryl methyl sites for hydroxylation is 2. The molecule has 2 saturated heterocycles. The third-order valence-corrected chi connectivity index (χ3v) is 14.8. The molecule has 0 aliphatic carbocycles. The number of pyridine rings is 2. The molecular formula is C57H69ClN14O12P2. The van der Waals surface area contributed by atoms with Gasteiger partial charge in [0.15, 0.2) is 26.4 Å². The third-order valence-electron chi connectivity index (χ3n) is 13.1. The molecule has 0 spiro atoms. The van der Waals surface area contributed by atoms with Crippen molar-refractivity contribution in [3.63, 3.8) is 0 Å². The Labute approximate surface area is 501 Å². The van der Waals surface area contributed by atoms with Gasteiger partial charge in [-0.15, -0.1) is 0 Å². The second-order valence-corrected chi connectivity index (χ2v) is 26.0. The number of nitrogens with one attached hydrogen (secondary N) is 1. The van der Waals surface area contributed by atoms with Crippen molar-refractivity contribution < 1.29 is 56.4 Å². The van der Waals surface area contributed by atoms with Crippen LogP contribution in [0.3, 0.4) is 0 Å². The van der Waals surface area contributed by atoms with Gasteiger partial charge in [-0.2, -0.15) is 10.2 Å². The molecule has 8 heterocycles. The third kappa shape index (κ3) is 15.9. The average molecular weight is 1240 g/mol. The lowest BCUT2D eigenvalue weighted by Crippen LogP contribution is -2.52. The van der Waals surface area contributed by atoms with E-state index >= 15 is 0 Å². The van der Waals surface area contributed by atoms with E-state index in [1.54, 1.807) is 64.6 Å². The Bertz CT molecular complexity index is 3810. The number of ether oxygens (including phenoxy) is 2. The number of aromatic nitrogens is 10. The number of hydrogen-bond acceptors (Lipinski definition) is 18. The van der Waals surface area contributed by atoms with Crippen molar-refractivity contribution in [2.45, 2.75) is 40.8 Å². The van der Waals surface area contributed by atoms with E-state index in [9.17, 15) is 37.9 Å². The Balaban J connectivity index is 0.000000214. The molecular weight excluding hydrogens is 1170 g/mol. The fraction of sp³-hybridized carbons (Fsp3) is 0.368. The summed E-state index contributed by atoms with van der Waals surface area (Å²) >= 11 is 5.09. The van der Waals surface area contributed by atoms with E-state index in [1.807, 2.05) is 24.3 Å². The van der Waals surface area contributed by atoms with Crippen LogP contribution in [0.2, 0.25) is 0 Å². The minimum absolute atomic E-state index is 0.0181. The van der Waals surface area contributed by atoms with Crippen molar-refractivity contribution in [2.75, 3.05) is 99.3 Å². The minimum Gasteiger partial charge on any atom is -0.494 e. The summed E-state index contributed by atoms with van der Waals surface area (Å²) in [6, 6.07) is 17.9. The quantitative estimate of drug-likeness (QED) is 0.0452. The highest BCUT2D eigenvalue weighted by molar-refractivity contribution is 7.57. The molecule has 0 atom stereocenters. The van der Waals surface area contributed by atoms with E-state index in [-0.39, 0.29) is 67.7 Å². The highest BCUT2D eigenvalue weighted by Gasteiger charge is 2.34. The molecule has 0 radical (unpaired) electrons. The smallest absolute Gasteiger partial charge is 0.295 e. The molecule has 0 unspecified atom stereocenters. The molecule has 2 aliphatic rings. The highest BCUT2D eigenvalue weighted by Crippen LogP contribution is 2.40. The number of ketones is 2. The molecule has 8 aromatic rings. The molecule has 456 valence electrons. The van der Waals surface area contributed by atoms with E-state index in [1.165, 1.54) is 104 Å². The van der Waals surface area contributed by atoms with Gasteiger partial charge in [0.05, 0.1) is 54.0 Å². The molecule has 10 rings (SSSR count). The summed E-state index contributed by atoms with van der Waals surface area (Å²) in [5.74, 6) is -0.499. The van der Waals surface area contributed by atoms with Gasteiger partial charge in [0.1, 0.15) is 54.1 Å². The van der Waals surface area contributed by atoms with E-state index in [0.29, 0.717) is 88.1 Å². The first-order valence-corrected chi connectivity index (χ1v) is 32.8. The van der Waals surface area contributed by atoms with Crippen LogP contribution in [0.15, 0.2) is 98.1 Å². The lowest BCUT2D eigenvalue weighted by atomic mass is 10.1. The van der Waals surface area contributed by atoms with Crippen LogP contribution in [-0.4, -0.2) is 203 Å². The number of H-pyrrole nitrogens is 1. The molecule has 0 saturated carbocycles. The molecule has 2 aromatic carbocycles. The van der Waals surface area contributed by atoms with E-state index in [2.05, 4.69) is 53.5 Å². The fourth-order valence-corrected chi connectivity index (χ4v) is 10.3. The first-order chi connectivity index (χ1) is 41.0. The van der Waals surface area contributed by atoms with E-state index in [4.69, 9.17) is 25.6 Å². The first kappa shape index (κ1) is 65.1. The number of fused-ring (bicyclic) bond motifs is 2. The monoisotopic (exact) mass is 1240 g/mol.